The lowest BCUT2D eigenvalue weighted by Crippen LogP contribution is -2.45. The summed E-state index contributed by atoms with van der Waals surface area (Å²) < 4.78 is 38.1. The molecular weight excluding hydrogens is 442 g/mol. The lowest BCUT2D eigenvalue weighted by molar-refractivity contribution is -0.120. The Morgan fingerprint density at radius 2 is 2.12 bits per heavy atom. The molecule has 2 N–H and O–H groups in total. The number of rotatable bonds is 7. The van der Waals surface area contributed by atoms with E-state index in [2.05, 4.69) is 10.3 Å². The highest BCUT2D eigenvalue weighted by molar-refractivity contribution is 5.92. The summed E-state index contributed by atoms with van der Waals surface area (Å²) in [6.45, 7) is 0.251. The maximum absolute atomic E-state index is 13.7. The quantitative estimate of drug-likeness (QED) is 0.516. The topological polar surface area (TPSA) is 80.7 Å². The number of halogens is 2. The standard InChI is InChI=1S/C26H26F2N2O4/c1-33-20-5-7-23-21(14-20)16(10-11-29-23)13-24(31)25-8-4-19(15-34-25)30-26(32)9-2-17-12-18(27)3-6-22(17)28/h2-3,5-7,9-12,14,19,24-25,31H,4,8,13,15H2,1H3,(H,30,32)/b9-2+/t19-,24+,25+/m1/s1. The van der Waals surface area contributed by atoms with Crippen LogP contribution in [0, 0.1) is 11.6 Å². The van der Waals surface area contributed by atoms with Gasteiger partial charge in [0, 0.05) is 29.6 Å². The summed E-state index contributed by atoms with van der Waals surface area (Å²) in [6.07, 6.45) is 4.63. The molecule has 2 heterocycles. The number of aromatic nitrogens is 1. The molecule has 0 bridgehead atoms. The molecule has 0 aliphatic carbocycles. The van der Waals surface area contributed by atoms with Crippen LogP contribution in [0.3, 0.4) is 0 Å². The molecule has 3 aromatic rings. The van der Waals surface area contributed by atoms with Gasteiger partial charge in [-0.15, -0.1) is 0 Å². The monoisotopic (exact) mass is 468 g/mol. The van der Waals surface area contributed by atoms with Gasteiger partial charge in [-0.3, -0.25) is 9.78 Å². The van der Waals surface area contributed by atoms with Crippen molar-refractivity contribution in [3.63, 3.8) is 0 Å². The van der Waals surface area contributed by atoms with Gasteiger partial charge in [0.05, 0.1) is 37.5 Å². The van der Waals surface area contributed by atoms with Crippen LogP contribution in [0.4, 0.5) is 8.78 Å². The summed E-state index contributed by atoms with van der Waals surface area (Å²) in [6, 6.07) is 10.3. The zero-order valence-corrected chi connectivity index (χ0v) is 18.7. The lowest BCUT2D eigenvalue weighted by atomic mass is 9.95. The van der Waals surface area contributed by atoms with Crippen molar-refractivity contribution in [3.8, 4) is 5.75 Å². The Balaban J connectivity index is 1.30. The summed E-state index contributed by atoms with van der Waals surface area (Å²) in [7, 11) is 1.60. The van der Waals surface area contributed by atoms with Crippen molar-refractivity contribution in [3.05, 3.63) is 77.5 Å². The minimum atomic E-state index is -0.718. The third kappa shape index (κ3) is 5.76. The summed E-state index contributed by atoms with van der Waals surface area (Å²) in [4.78, 5) is 16.5. The predicted octanol–water partition coefficient (Wildman–Crippen LogP) is 3.80. The molecule has 3 atom stereocenters. The Morgan fingerprint density at radius 1 is 1.26 bits per heavy atom. The Bertz CT molecular complexity index is 1190. The first-order valence-corrected chi connectivity index (χ1v) is 11.1. The van der Waals surface area contributed by atoms with Crippen molar-refractivity contribution < 1.29 is 28.2 Å². The fourth-order valence-corrected chi connectivity index (χ4v) is 4.09. The van der Waals surface area contributed by atoms with E-state index in [-0.39, 0.29) is 24.3 Å². The van der Waals surface area contributed by atoms with Crippen LogP contribution in [0.25, 0.3) is 17.0 Å². The maximum Gasteiger partial charge on any atom is 0.244 e. The molecule has 1 saturated heterocycles. The molecule has 0 spiro atoms. The fraction of sp³-hybridized carbons (Fsp3) is 0.308. The van der Waals surface area contributed by atoms with E-state index < -0.39 is 23.6 Å². The Morgan fingerprint density at radius 3 is 2.88 bits per heavy atom. The fourth-order valence-electron chi connectivity index (χ4n) is 4.09. The van der Waals surface area contributed by atoms with Crippen LogP contribution in [0.1, 0.15) is 24.0 Å². The molecular formula is C26H26F2N2O4. The first kappa shape index (κ1) is 23.8. The number of benzene rings is 2. The second-order valence-electron chi connectivity index (χ2n) is 8.28. The van der Waals surface area contributed by atoms with Gasteiger partial charge in [0.1, 0.15) is 17.4 Å². The molecule has 34 heavy (non-hydrogen) atoms. The van der Waals surface area contributed by atoms with Crippen molar-refractivity contribution in [2.45, 2.75) is 37.5 Å². The first-order chi connectivity index (χ1) is 16.4. The van der Waals surface area contributed by atoms with Crippen LogP contribution >= 0.6 is 0 Å². The molecule has 8 heteroatoms. The normalized spacial score (nSPS) is 19.3. The third-order valence-electron chi connectivity index (χ3n) is 5.93. The molecule has 1 aliphatic rings. The number of amides is 1. The number of hydrogen-bond donors (Lipinski definition) is 2. The minimum absolute atomic E-state index is 0.000476. The first-order valence-electron chi connectivity index (χ1n) is 11.1. The zero-order chi connectivity index (χ0) is 24.1. The number of methoxy groups -OCH3 is 1. The number of fused-ring (bicyclic) bond motifs is 1. The summed E-state index contributed by atoms with van der Waals surface area (Å²) in [5.41, 5.74) is 1.77. The molecule has 0 saturated carbocycles. The van der Waals surface area contributed by atoms with Crippen molar-refractivity contribution in [2.24, 2.45) is 0 Å². The van der Waals surface area contributed by atoms with Crippen LogP contribution in [0.15, 0.2) is 54.7 Å². The molecule has 2 aromatic carbocycles. The van der Waals surface area contributed by atoms with Gasteiger partial charge in [-0.25, -0.2) is 8.78 Å². The summed E-state index contributed by atoms with van der Waals surface area (Å²) in [5.74, 6) is -0.888. The largest absolute Gasteiger partial charge is 0.497 e. The van der Waals surface area contributed by atoms with Gasteiger partial charge in [-0.05, 0) is 66.9 Å². The molecule has 178 valence electrons. The Kier molecular flexibility index (Phi) is 7.49. The van der Waals surface area contributed by atoms with Gasteiger partial charge in [0.25, 0.3) is 0 Å². The average molecular weight is 469 g/mol. The number of carbonyl (C=O) groups excluding carboxylic acids is 1. The number of nitrogens with one attached hydrogen (secondary N) is 1. The second kappa shape index (κ2) is 10.7. The number of aliphatic hydroxyl groups excluding tert-OH is 1. The van der Waals surface area contributed by atoms with Crippen LogP contribution in [-0.2, 0) is 16.0 Å². The highest BCUT2D eigenvalue weighted by Crippen LogP contribution is 2.26. The van der Waals surface area contributed by atoms with Gasteiger partial charge in [0.2, 0.25) is 5.91 Å². The number of carbonyl (C=O) groups is 1. The van der Waals surface area contributed by atoms with Crippen molar-refractivity contribution >= 4 is 22.9 Å². The number of ether oxygens (including phenoxy) is 2. The number of hydrogen-bond acceptors (Lipinski definition) is 5. The van der Waals surface area contributed by atoms with Crippen molar-refractivity contribution in [1.29, 1.82) is 0 Å². The van der Waals surface area contributed by atoms with Gasteiger partial charge >= 0.3 is 0 Å². The maximum atomic E-state index is 13.7. The molecule has 0 radical (unpaired) electrons. The molecule has 6 nitrogen and oxygen atoms in total. The molecule has 1 aromatic heterocycles. The van der Waals surface area contributed by atoms with E-state index in [1.165, 1.54) is 12.2 Å². The third-order valence-corrected chi connectivity index (χ3v) is 5.93. The van der Waals surface area contributed by atoms with Crippen LogP contribution in [0.2, 0.25) is 0 Å². The molecule has 4 rings (SSSR count). The molecule has 1 fully saturated rings. The highest BCUT2D eigenvalue weighted by atomic mass is 19.1. The van der Waals surface area contributed by atoms with Crippen LogP contribution < -0.4 is 10.1 Å². The Labute approximate surface area is 196 Å². The van der Waals surface area contributed by atoms with E-state index in [1.54, 1.807) is 13.3 Å². The van der Waals surface area contributed by atoms with Gasteiger partial charge in [0.15, 0.2) is 0 Å². The van der Waals surface area contributed by atoms with Gasteiger partial charge in [-0.2, -0.15) is 0 Å². The predicted molar refractivity (Wildman–Crippen MR) is 124 cm³/mol. The van der Waals surface area contributed by atoms with Gasteiger partial charge < -0.3 is 19.9 Å². The SMILES string of the molecule is COc1ccc2nccc(C[C@H](O)[C@@H]3CC[C@@H](NC(=O)/C=C/c4cc(F)ccc4F)CO3)c2c1. The van der Waals surface area contributed by atoms with Crippen molar-refractivity contribution in [2.75, 3.05) is 13.7 Å². The van der Waals surface area contributed by atoms with Gasteiger partial charge in [-0.1, -0.05) is 0 Å². The van der Waals surface area contributed by atoms with E-state index in [1.807, 2.05) is 24.3 Å². The second-order valence-corrected chi connectivity index (χ2v) is 8.28. The van der Waals surface area contributed by atoms with Crippen LogP contribution in [-0.4, -0.2) is 48.0 Å². The number of pyridine rings is 1. The lowest BCUT2D eigenvalue weighted by Gasteiger charge is -2.32. The van der Waals surface area contributed by atoms with E-state index >= 15 is 0 Å². The molecule has 1 amide bonds. The molecule has 1 aliphatic heterocycles. The average Bonchev–Trinajstić information content (AvgIpc) is 2.85. The van der Waals surface area contributed by atoms with Crippen LogP contribution in [0.5, 0.6) is 5.75 Å². The van der Waals surface area contributed by atoms with E-state index in [0.717, 1.165) is 40.4 Å². The van der Waals surface area contributed by atoms with Crippen molar-refractivity contribution in [1.82, 2.24) is 10.3 Å². The zero-order valence-electron chi connectivity index (χ0n) is 18.7. The minimum Gasteiger partial charge on any atom is -0.497 e. The highest BCUT2D eigenvalue weighted by Gasteiger charge is 2.28. The van der Waals surface area contributed by atoms with E-state index in [9.17, 15) is 18.7 Å². The van der Waals surface area contributed by atoms with E-state index in [4.69, 9.17) is 9.47 Å². The summed E-state index contributed by atoms with van der Waals surface area (Å²) >= 11 is 0. The Hall–Kier alpha value is -3.36. The number of aliphatic hydroxyl groups is 1. The smallest absolute Gasteiger partial charge is 0.244 e. The number of nitrogens with zero attached hydrogens (tertiary/aromatic N) is 1. The summed E-state index contributed by atoms with van der Waals surface area (Å²) in [5, 5.41) is 14.5. The molecule has 0 unspecified atom stereocenters. The van der Waals surface area contributed by atoms with E-state index in [0.29, 0.717) is 19.3 Å².